The highest BCUT2D eigenvalue weighted by atomic mass is 16.5. The molecule has 0 atom stereocenters. The standard InChI is InChI=1S/C15H16O/c1-11-6-4-9-15(12(11)2)13-7-5-8-14(10-13)16-3/h4-10H,1-3H3. The largest absolute Gasteiger partial charge is 0.497 e. The van der Waals surface area contributed by atoms with E-state index in [1.165, 1.54) is 22.3 Å². The van der Waals surface area contributed by atoms with E-state index in [1.54, 1.807) is 7.11 Å². The molecule has 0 N–H and O–H groups in total. The minimum absolute atomic E-state index is 0.901. The van der Waals surface area contributed by atoms with E-state index in [-0.39, 0.29) is 0 Å². The molecule has 0 aliphatic rings. The van der Waals surface area contributed by atoms with Crippen LogP contribution in [0.15, 0.2) is 42.5 Å². The zero-order chi connectivity index (χ0) is 11.5. The fourth-order valence-electron chi connectivity index (χ4n) is 1.85. The Balaban J connectivity index is 2.54. The molecule has 82 valence electrons. The van der Waals surface area contributed by atoms with E-state index >= 15 is 0 Å². The molecule has 0 aliphatic carbocycles. The van der Waals surface area contributed by atoms with Crippen LogP contribution in [0.4, 0.5) is 0 Å². The molecule has 0 unspecified atom stereocenters. The predicted molar refractivity (Wildman–Crippen MR) is 67.9 cm³/mol. The van der Waals surface area contributed by atoms with E-state index in [2.05, 4.69) is 44.2 Å². The van der Waals surface area contributed by atoms with Gasteiger partial charge in [-0.25, -0.2) is 0 Å². The first-order valence-electron chi connectivity index (χ1n) is 5.43. The van der Waals surface area contributed by atoms with Crippen molar-refractivity contribution in [2.45, 2.75) is 13.8 Å². The number of benzene rings is 2. The van der Waals surface area contributed by atoms with E-state index in [9.17, 15) is 0 Å². The van der Waals surface area contributed by atoms with Crippen LogP contribution in [-0.4, -0.2) is 7.11 Å². The third-order valence-electron chi connectivity index (χ3n) is 2.99. The van der Waals surface area contributed by atoms with Crippen molar-refractivity contribution in [3.05, 3.63) is 53.6 Å². The maximum atomic E-state index is 5.25. The molecule has 2 aromatic rings. The Hall–Kier alpha value is -1.76. The van der Waals surface area contributed by atoms with Crippen LogP contribution in [0.2, 0.25) is 0 Å². The molecule has 0 spiro atoms. The molecular weight excluding hydrogens is 196 g/mol. The fraction of sp³-hybridized carbons (Fsp3) is 0.200. The highest BCUT2D eigenvalue weighted by molar-refractivity contribution is 5.69. The second-order valence-electron chi connectivity index (χ2n) is 3.98. The van der Waals surface area contributed by atoms with Crippen molar-refractivity contribution < 1.29 is 4.74 Å². The fourth-order valence-corrected chi connectivity index (χ4v) is 1.85. The van der Waals surface area contributed by atoms with Crippen LogP contribution in [-0.2, 0) is 0 Å². The van der Waals surface area contributed by atoms with Crippen LogP contribution < -0.4 is 4.74 Å². The van der Waals surface area contributed by atoms with Gasteiger partial charge in [0.2, 0.25) is 0 Å². The summed E-state index contributed by atoms with van der Waals surface area (Å²) in [6.07, 6.45) is 0. The van der Waals surface area contributed by atoms with Crippen LogP contribution in [0.5, 0.6) is 5.75 Å². The van der Waals surface area contributed by atoms with Crippen molar-refractivity contribution in [3.63, 3.8) is 0 Å². The Morgan fingerprint density at radius 1 is 0.938 bits per heavy atom. The monoisotopic (exact) mass is 212 g/mol. The molecule has 2 rings (SSSR count). The SMILES string of the molecule is COc1cccc(-c2cccc(C)c2C)c1. The van der Waals surface area contributed by atoms with Crippen LogP contribution in [0.25, 0.3) is 11.1 Å². The minimum Gasteiger partial charge on any atom is -0.497 e. The third-order valence-corrected chi connectivity index (χ3v) is 2.99. The Morgan fingerprint density at radius 3 is 2.44 bits per heavy atom. The van der Waals surface area contributed by atoms with Gasteiger partial charge in [-0.05, 0) is 48.2 Å². The minimum atomic E-state index is 0.901. The maximum Gasteiger partial charge on any atom is 0.119 e. The zero-order valence-electron chi connectivity index (χ0n) is 9.95. The van der Waals surface area contributed by atoms with Crippen molar-refractivity contribution in [1.29, 1.82) is 0 Å². The topological polar surface area (TPSA) is 9.23 Å². The smallest absolute Gasteiger partial charge is 0.119 e. The number of ether oxygens (including phenoxy) is 1. The molecule has 2 aromatic carbocycles. The molecule has 1 heteroatoms. The Labute approximate surface area is 96.7 Å². The molecule has 0 aliphatic heterocycles. The molecule has 0 fully saturated rings. The molecule has 0 aromatic heterocycles. The van der Waals surface area contributed by atoms with Crippen LogP contribution in [0.1, 0.15) is 11.1 Å². The van der Waals surface area contributed by atoms with Crippen molar-refractivity contribution in [2.24, 2.45) is 0 Å². The summed E-state index contributed by atoms with van der Waals surface area (Å²) in [5.74, 6) is 0.901. The van der Waals surface area contributed by atoms with E-state index in [0.717, 1.165) is 5.75 Å². The van der Waals surface area contributed by atoms with Crippen molar-refractivity contribution in [1.82, 2.24) is 0 Å². The van der Waals surface area contributed by atoms with Crippen LogP contribution in [0.3, 0.4) is 0 Å². The molecule has 0 bridgehead atoms. The van der Waals surface area contributed by atoms with E-state index in [0.29, 0.717) is 0 Å². The van der Waals surface area contributed by atoms with E-state index in [1.807, 2.05) is 12.1 Å². The first-order chi connectivity index (χ1) is 7.72. The number of hydrogen-bond acceptors (Lipinski definition) is 1. The highest BCUT2D eigenvalue weighted by Gasteiger charge is 2.04. The third kappa shape index (κ3) is 1.94. The lowest BCUT2D eigenvalue weighted by atomic mass is 9.97. The molecule has 0 radical (unpaired) electrons. The van der Waals surface area contributed by atoms with Gasteiger partial charge < -0.3 is 4.74 Å². The first-order valence-corrected chi connectivity index (χ1v) is 5.43. The summed E-state index contributed by atoms with van der Waals surface area (Å²) in [6, 6.07) is 14.6. The van der Waals surface area contributed by atoms with E-state index < -0.39 is 0 Å². The molecule has 1 nitrogen and oxygen atoms in total. The summed E-state index contributed by atoms with van der Waals surface area (Å²) >= 11 is 0. The Kier molecular flexibility index (Phi) is 2.95. The first kappa shape index (κ1) is 10.7. The second kappa shape index (κ2) is 4.40. The molecule has 0 saturated carbocycles. The van der Waals surface area contributed by atoms with Crippen LogP contribution >= 0.6 is 0 Å². The quantitative estimate of drug-likeness (QED) is 0.731. The van der Waals surface area contributed by atoms with Gasteiger partial charge in [-0.3, -0.25) is 0 Å². The maximum absolute atomic E-state index is 5.25. The van der Waals surface area contributed by atoms with Gasteiger partial charge in [-0.2, -0.15) is 0 Å². The highest BCUT2D eigenvalue weighted by Crippen LogP contribution is 2.27. The number of hydrogen-bond donors (Lipinski definition) is 0. The molecule has 16 heavy (non-hydrogen) atoms. The van der Waals surface area contributed by atoms with Crippen molar-refractivity contribution in [3.8, 4) is 16.9 Å². The van der Waals surface area contributed by atoms with Gasteiger partial charge in [-0.15, -0.1) is 0 Å². The van der Waals surface area contributed by atoms with Gasteiger partial charge in [0.15, 0.2) is 0 Å². The average molecular weight is 212 g/mol. The average Bonchev–Trinajstić information content (AvgIpc) is 2.33. The van der Waals surface area contributed by atoms with Gasteiger partial charge >= 0.3 is 0 Å². The summed E-state index contributed by atoms with van der Waals surface area (Å²) in [7, 11) is 1.70. The van der Waals surface area contributed by atoms with Gasteiger partial charge in [0.1, 0.15) is 5.75 Å². The summed E-state index contributed by atoms with van der Waals surface area (Å²) in [4.78, 5) is 0. The summed E-state index contributed by atoms with van der Waals surface area (Å²) < 4.78 is 5.25. The normalized spacial score (nSPS) is 10.2. The Morgan fingerprint density at radius 2 is 1.69 bits per heavy atom. The predicted octanol–water partition coefficient (Wildman–Crippen LogP) is 3.98. The molecule has 0 amide bonds. The Bertz CT molecular complexity index is 501. The lowest BCUT2D eigenvalue weighted by molar-refractivity contribution is 0.415. The molecular formula is C15H16O. The van der Waals surface area contributed by atoms with Crippen molar-refractivity contribution >= 4 is 0 Å². The number of aryl methyl sites for hydroxylation is 1. The van der Waals surface area contributed by atoms with Gasteiger partial charge in [0.05, 0.1) is 7.11 Å². The van der Waals surface area contributed by atoms with Crippen LogP contribution in [0, 0.1) is 13.8 Å². The van der Waals surface area contributed by atoms with Crippen molar-refractivity contribution in [2.75, 3.05) is 7.11 Å². The van der Waals surface area contributed by atoms with E-state index in [4.69, 9.17) is 4.74 Å². The summed E-state index contributed by atoms with van der Waals surface area (Å²) in [6.45, 7) is 4.29. The molecule has 0 heterocycles. The number of methoxy groups -OCH3 is 1. The lowest BCUT2D eigenvalue weighted by Gasteiger charge is -2.09. The lowest BCUT2D eigenvalue weighted by Crippen LogP contribution is -1.88. The number of rotatable bonds is 2. The molecule has 0 saturated heterocycles. The van der Waals surface area contributed by atoms with Gasteiger partial charge in [0, 0.05) is 0 Å². The summed E-state index contributed by atoms with van der Waals surface area (Å²) in [5.41, 5.74) is 5.13. The van der Waals surface area contributed by atoms with Gasteiger partial charge in [0.25, 0.3) is 0 Å². The zero-order valence-corrected chi connectivity index (χ0v) is 9.95. The van der Waals surface area contributed by atoms with Gasteiger partial charge in [-0.1, -0.05) is 30.3 Å². The summed E-state index contributed by atoms with van der Waals surface area (Å²) in [5, 5.41) is 0. The second-order valence-corrected chi connectivity index (χ2v) is 3.98.